The van der Waals surface area contributed by atoms with Gasteiger partial charge in [0.1, 0.15) is 5.82 Å². The summed E-state index contributed by atoms with van der Waals surface area (Å²) in [6.45, 7) is 10.1. The molecular formula is C17H30FIN4. The molecule has 0 aliphatic rings. The summed E-state index contributed by atoms with van der Waals surface area (Å²) in [6.07, 6.45) is 0. The number of hydrogen-bond donors (Lipinski definition) is 1. The number of nitrogens with one attached hydrogen (secondary N) is 1. The van der Waals surface area contributed by atoms with E-state index in [4.69, 9.17) is 0 Å². The van der Waals surface area contributed by atoms with Crippen LogP contribution in [0, 0.1) is 5.82 Å². The molecule has 23 heavy (non-hydrogen) atoms. The van der Waals surface area contributed by atoms with E-state index in [0.29, 0.717) is 12.6 Å². The highest BCUT2D eigenvalue weighted by Gasteiger charge is 2.12. The van der Waals surface area contributed by atoms with Crippen molar-refractivity contribution >= 4 is 29.9 Å². The molecule has 0 aliphatic carbocycles. The summed E-state index contributed by atoms with van der Waals surface area (Å²) in [4.78, 5) is 8.71. The summed E-state index contributed by atoms with van der Waals surface area (Å²) in [5, 5.41) is 3.39. The average molecular weight is 436 g/mol. The molecule has 0 saturated carbocycles. The van der Waals surface area contributed by atoms with Crippen LogP contribution in [0.15, 0.2) is 29.3 Å². The van der Waals surface area contributed by atoms with Crippen molar-refractivity contribution in [3.05, 3.63) is 35.6 Å². The van der Waals surface area contributed by atoms with E-state index < -0.39 is 0 Å². The quantitative estimate of drug-likeness (QED) is 0.405. The van der Waals surface area contributed by atoms with E-state index in [0.717, 1.165) is 31.2 Å². The first kappa shape index (κ1) is 22.1. The van der Waals surface area contributed by atoms with E-state index in [-0.39, 0.29) is 29.8 Å². The van der Waals surface area contributed by atoms with Crippen molar-refractivity contribution in [1.82, 2.24) is 15.1 Å². The van der Waals surface area contributed by atoms with Gasteiger partial charge in [-0.3, -0.25) is 9.89 Å². The molecule has 0 aliphatic heterocycles. The molecule has 0 radical (unpaired) electrons. The molecule has 0 saturated heterocycles. The number of nitrogens with zero attached hydrogens (tertiary/aromatic N) is 3. The molecule has 1 aromatic carbocycles. The SMILES string of the molecule is CCN(CC)C(C)CNC(=NC)N(C)Cc1cccc(F)c1.I. The zero-order chi connectivity index (χ0) is 16.5. The van der Waals surface area contributed by atoms with Gasteiger partial charge in [0.2, 0.25) is 0 Å². The van der Waals surface area contributed by atoms with Crippen LogP contribution in [0.5, 0.6) is 0 Å². The van der Waals surface area contributed by atoms with Gasteiger partial charge in [0, 0.05) is 33.2 Å². The van der Waals surface area contributed by atoms with Crippen molar-refractivity contribution in [3.63, 3.8) is 0 Å². The maximum Gasteiger partial charge on any atom is 0.193 e. The second-order valence-electron chi connectivity index (χ2n) is 5.48. The molecule has 0 amide bonds. The number of hydrogen-bond acceptors (Lipinski definition) is 2. The molecule has 0 fully saturated rings. The highest BCUT2D eigenvalue weighted by Crippen LogP contribution is 2.06. The van der Waals surface area contributed by atoms with Gasteiger partial charge in [-0.15, -0.1) is 24.0 Å². The maximum absolute atomic E-state index is 13.3. The molecule has 1 rings (SSSR count). The number of rotatable bonds is 7. The van der Waals surface area contributed by atoms with Crippen molar-refractivity contribution in [3.8, 4) is 0 Å². The Morgan fingerprint density at radius 1 is 1.30 bits per heavy atom. The third-order valence-corrected chi connectivity index (χ3v) is 3.87. The Bertz CT molecular complexity index is 477. The second-order valence-corrected chi connectivity index (χ2v) is 5.48. The van der Waals surface area contributed by atoms with Gasteiger partial charge in [0.25, 0.3) is 0 Å². The predicted molar refractivity (Wildman–Crippen MR) is 107 cm³/mol. The highest BCUT2D eigenvalue weighted by atomic mass is 127. The minimum absolute atomic E-state index is 0. The van der Waals surface area contributed by atoms with Gasteiger partial charge in [-0.05, 0) is 37.7 Å². The minimum atomic E-state index is -0.205. The van der Waals surface area contributed by atoms with Crippen LogP contribution in [-0.4, -0.2) is 55.5 Å². The zero-order valence-electron chi connectivity index (χ0n) is 14.8. The van der Waals surface area contributed by atoms with E-state index in [1.165, 1.54) is 6.07 Å². The number of halogens is 2. The van der Waals surface area contributed by atoms with Gasteiger partial charge in [-0.25, -0.2) is 4.39 Å². The molecule has 0 aromatic heterocycles. The van der Waals surface area contributed by atoms with Crippen molar-refractivity contribution in [2.75, 3.05) is 33.7 Å². The zero-order valence-corrected chi connectivity index (χ0v) is 17.2. The van der Waals surface area contributed by atoms with Crippen molar-refractivity contribution < 1.29 is 4.39 Å². The first-order chi connectivity index (χ1) is 10.5. The van der Waals surface area contributed by atoms with Gasteiger partial charge in [-0.1, -0.05) is 26.0 Å². The first-order valence-corrected chi connectivity index (χ1v) is 7.92. The van der Waals surface area contributed by atoms with E-state index >= 15 is 0 Å². The summed E-state index contributed by atoms with van der Waals surface area (Å²) in [6, 6.07) is 7.11. The normalized spacial score (nSPS) is 12.7. The standard InChI is InChI=1S/C17H29FN4.HI/c1-6-22(7-2)14(3)12-20-17(19-4)21(5)13-15-9-8-10-16(18)11-15;/h8-11,14H,6-7,12-13H2,1-5H3,(H,19,20);1H. The summed E-state index contributed by atoms with van der Waals surface area (Å²) >= 11 is 0. The highest BCUT2D eigenvalue weighted by molar-refractivity contribution is 14.0. The molecule has 1 N–H and O–H groups in total. The van der Waals surface area contributed by atoms with E-state index in [2.05, 4.69) is 36.0 Å². The van der Waals surface area contributed by atoms with Crippen LogP contribution in [0.25, 0.3) is 0 Å². The molecule has 0 heterocycles. The van der Waals surface area contributed by atoms with Gasteiger partial charge in [-0.2, -0.15) is 0 Å². The smallest absolute Gasteiger partial charge is 0.193 e. The van der Waals surface area contributed by atoms with Crippen LogP contribution < -0.4 is 5.32 Å². The van der Waals surface area contributed by atoms with Crippen LogP contribution in [0.2, 0.25) is 0 Å². The molecule has 1 atom stereocenters. The molecule has 1 unspecified atom stereocenters. The van der Waals surface area contributed by atoms with Crippen LogP contribution >= 0.6 is 24.0 Å². The summed E-state index contributed by atoms with van der Waals surface area (Å²) in [5.74, 6) is 0.618. The Morgan fingerprint density at radius 3 is 2.48 bits per heavy atom. The number of likely N-dealkylation sites (N-methyl/N-ethyl adjacent to an activating group) is 1. The Balaban J connectivity index is 0.00000484. The molecule has 6 heteroatoms. The molecule has 1 aromatic rings. The van der Waals surface area contributed by atoms with Crippen molar-refractivity contribution in [2.24, 2.45) is 4.99 Å². The lowest BCUT2D eigenvalue weighted by Crippen LogP contribution is -2.46. The molecule has 0 spiro atoms. The van der Waals surface area contributed by atoms with E-state index in [9.17, 15) is 4.39 Å². The van der Waals surface area contributed by atoms with Crippen molar-refractivity contribution in [1.29, 1.82) is 0 Å². The molecular weight excluding hydrogens is 406 g/mol. The van der Waals surface area contributed by atoms with Crippen LogP contribution in [0.3, 0.4) is 0 Å². The van der Waals surface area contributed by atoms with E-state index in [1.807, 2.05) is 18.0 Å². The average Bonchev–Trinajstić information content (AvgIpc) is 2.49. The predicted octanol–water partition coefficient (Wildman–Crippen LogP) is 3.18. The first-order valence-electron chi connectivity index (χ1n) is 7.92. The Hall–Kier alpha value is -0.890. The Kier molecular flexibility index (Phi) is 11.2. The van der Waals surface area contributed by atoms with Gasteiger partial charge >= 0.3 is 0 Å². The van der Waals surface area contributed by atoms with Gasteiger partial charge in [0.15, 0.2) is 5.96 Å². The van der Waals surface area contributed by atoms with Gasteiger partial charge < -0.3 is 10.2 Å². The van der Waals surface area contributed by atoms with Crippen molar-refractivity contribution in [2.45, 2.75) is 33.4 Å². The lowest BCUT2D eigenvalue weighted by molar-refractivity contribution is 0.230. The lowest BCUT2D eigenvalue weighted by atomic mass is 10.2. The minimum Gasteiger partial charge on any atom is -0.355 e. The maximum atomic E-state index is 13.3. The van der Waals surface area contributed by atoms with Crippen LogP contribution in [0.1, 0.15) is 26.3 Å². The topological polar surface area (TPSA) is 30.9 Å². The van der Waals surface area contributed by atoms with Crippen LogP contribution in [0.4, 0.5) is 4.39 Å². The summed E-state index contributed by atoms with van der Waals surface area (Å²) in [5.41, 5.74) is 0.933. The van der Waals surface area contributed by atoms with Gasteiger partial charge in [0.05, 0.1) is 0 Å². The number of benzene rings is 1. The second kappa shape index (κ2) is 11.6. The molecule has 4 nitrogen and oxygen atoms in total. The molecule has 132 valence electrons. The fourth-order valence-electron chi connectivity index (χ4n) is 2.58. The van der Waals surface area contributed by atoms with Crippen LogP contribution in [-0.2, 0) is 6.54 Å². The number of aliphatic imine (C=N–C) groups is 1. The fourth-order valence-corrected chi connectivity index (χ4v) is 2.58. The van der Waals surface area contributed by atoms with E-state index in [1.54, 1.807) is 19.2 Å². The Morgan fingerprint density at radius 2 is 1.96 bits per heavy atom. The third-order valence-electron chi connectivity index (χ3n) is 3.87. The largest absolute Gasteiger partial charge is 0.355 e. The third kappa shape index (κ3) is 7.48. The molecule has 0 bridgehead atoms. The monoisotopic (exact) mass is 436 g/mol. The Labute approximate surface area is 157 Å². The summed E-state index contributed by atoms with van der Waals surface area (Å²) in [7, 11) is 3.73. The lowest BCUT2D eigenvalue weighted by Gasteiger charge is -2.29. The number of guanidine groups is 1. The summed E-state index contributed by atoms with van der Waals surface area (Å²) < 4.78 is 13.3. The fraction of sp³-hybridized carbons (Fsp3) is 0.588.